The Hall–Kier alpha value is -1.68. The van der Waals surface area contributed by atoms with Gasteiger partial charge in [0, 0.05) is 31.6 Å². The molecule has 2 aromatic heterocycles. The lowest BCUT2D eigenvalue weighted by Gasteiger charge is -2.60. The summed E-state index contributed by atoms with van der Waals surface area (Å²) in [5.41, 5.74) is 0.926. The van der Waals surface area contributed by atoms with Crippen molar-refractivity contribution >= 4 is 28.7 Å². The number of hydrogen-bond acceptors (Lipinski definition) is 5. The molecule has 0 bridgehead atoms. The molecule has 1 spiro atoms. The maximum Gasteiger partial charge on any atom is 0.252 e. The Bertz CT molecular complexity index is 770. The Kier molecular flexibility index (Phi) is 3.75. The van der Waals surface area contributed by atoms with E-state index in [0.29, 0.717) is 0 Å². The van der Waals surface area contributed by atoms with E-state index in [2.05, 4.69) is 20.0 Å². The van der Waals surface area contributed by atoms with E-state index in [-0.39, 0.29) is 23.3 Å². The predicted molar refractivity (Wildman–Crippen MR) is 86.2 cm³/mol. The minimum absolute atomic E-state index is 0.0240. The Morgan fingerprint density at radius 1 is 1.42 bits per heavy atom. The molecule has 0 atom stereocenters. The molecule has 0 radical (unpaired) electrons. The molecule has 2 aromatic rings. The summed E-state index contributed by atoms with van der Waals surface area (Å²) in [4.78, 5) is 10.8. The Morgan fingerprint density at radius 3 is 2.83 bits per heavy atom. The first-order chi connectivity index (χ1) is 11.5. The topological polar surface area (TPSA) is 67.2 Å². The van der Waals surface area contributed by atoms with Crippen molar-refractivity contribution in [2.45, 2.75) is 25.3 Å². The number of alkyl halides is 2. The number of aromatic nitrogens is 4. The van der Waals surface area contributed by atoms with E-state index >= 15 is 0 Å². The van der Waals surface area contributed by atoms with E-state index in [1.165, 1.54) is 10.6 Å². The Balaban J connectivity index is 1.41. The molecule has 1 aliphatic heterocycles. The number of thiol groups is 1. The molecule has 1 aliphatic carbocycles. The molecule has 1 saturated carbocycles. The quantitative estimate of drug-likeness (QED) is 0.802. The van der Waals surface area contributed by atoms with Crippen LogP contribution >= 0.6 is 0 Å². The summed E-state index contributed by atoms with van der Waals surface area (Å²) >= 11 is -0.313. The summed E-state index contributed by atoms with van der Waals surface area (Å²) in [5.74, 6) is 0.869. The van der Waals surface area contributed by atoms with E-state index in [1.54, 1.807) is 10.9 Å². The summed E-state index contributed by atoms with van der Waals surface area (Å²) in [6, 6.07) is -0.0240. The van der Waals surface area contributed by atoms with Gasteiger partial charge in [0.2, 0.25) is 0 Å². The fourth-order valence-electron chi connectivity index (χ4n) is 3.91. The van der Waals surface area contributed by atoms with Crippen LogP contribution < -0.4 is 4.90 Å². The fourth-order valence-corrected chi connectivity index (χ4v) is 4.40. The molecule has 2 fully saturated rings. The van der Waals surface area contributed by atoms with Crippen molar-refractivity contribution in [2.75, 3.05) is 24.5 Å². The van der Waals surface area contributed by atoms with Crippen LogP contribution in [-0.4, -0.2) is 60.4 Å². The zero-order valence-electron chi connectivity index (χ0n) is 13.1. The van der Waals surface area contributed by atoms with Crippen molar-refractivity contribution in [3.63, 3.8) is 0 Å². The zero-order chi connectivity index (χ0) is 16.9. The number of hydrogen-bond donors (Lipinski definition) is 1. The van der Waals surface area contributed by atoms with Crippen molar-refractivity contribution in [3.8, 4) is 0 Å². The first-order valence-electron chi connectivity index (χ1n) is 7.77. The van der Waals surface area contributed by atoms with Gasteiger partial charge >= 0.3 is 0 Å². The molecular formula is C14H18F2N6OS. The van der Waals surface area contributed by atoms with Crippen LogP contribution in [0.5, 0.6) is 0 Å². The van der Waals surface area contributed by atoms with Gasteiger partial charge in [-0.2, -0.15) is 5.10 Å². The number of anilines is 1. The Morgan fingerprint density at radius 2 is 2.17 bits per heavy atom. The van der Waals surface area contributed by atoms with Crippen LogP contribution in [0.15, 0.2) is 12.5 Å². The van der Waals surface area contributed by atoms with Crippen LogP contribution in [0, 0.1) is 5.41 Å². The third-order valence-corrected chi connectivity index (χ3v) is 5.75. The molecule has 0 amide bonds. The lowest BCUT2D eigenvalue weighted by Crippen LogP contribution is -2.66. The van der Waals surface area contributed by atoms with Crippen molar-refractivity contribution in [2.24, 2.45) is 12.5 Å². The van der Waals surface area contributed by atoms with E-state index in [1.807, 2.05) is 7.05 Å². The van der Waals surface area contributed by atoms with Gasteiger partial charge in [-0.3, -0.25) is 4.68 Å². The fraction of sp³-hybridized carbons (Fsp3) is 0.643. The minimum Gasteiger partial charge on any atom is -0.355 e. The lowest BCUT2D eigenvalue weighted by atomic mass is 9.60. The number of fused-ring (bicyclic) bond motifs is 1. The van der Waals surface area contributed by atoms with Gasteiger partial charge in [-0.25, -0.2) is 27.3 Å². The molecule has 130 valence electrons. The van der Waals surface area contributed by atoms with Crippen molar-refractivity contribution in [1.82, 2.24) is 24.1 Å². The smallest absolute Gasteiger partial charge is 0.252 e. The highest BCUT2D eigenvalue weighted by Gasteiger charge is 2.54. The van der Waals surface area contributed by atoms with Crippen LogP contribution in [0.2, 0.25) is 0 Å². The largest absolute Gasteiger partial charge is 0.355 e. The van der Waals surface area contributed by atoms with Gasteiger partial charge in [0.25, 0.3) is 6.43 Å². The molecular weight excluding hydrogens is 338 g/mol. The van der Waals surface area contributed by atoms with Gasteiger partial charge in [0.15, 0.2) is 5.65 Å². The van der Waals surface area contributed by atoms with Crippen LogP contribution in [0.3, 0.4) is 0 Å². The zero-order valence-corrected chi connectivity index (χ0v) is 14.0. The molecule has 24 heavy (non-hydrogen) atoms. The van der Waals surface area contributed by atoms with Gasteiger partial charge in [0.1, 0.15) is 12.1 Å². The van der Waals surface area contributed by atoms with Gasteiger partial charge in [-0.15, -0.1) is 0 Å². The number of aryl methyl sites for hydroxylation is 1. The molecule has 3 heterocycles. The van der Waals surface area contributed by atoms with Crippen LogP contribution in [0.4, 0.5) is 14.6 Å². The highest BCUT2D eigenvalue weighted by molar-refractivity contribution is 7.63. The molecule has 7 nitrogen and oxygen atoms in total. The summed E-state index contributed by atoms with van der Waals surface area (Å²) in [5, 5.41) is 5.14. The summed E-state index contributed by atoms with van der Waals surface area (Å²) < 4.78 is 39.1. The maximum atomic E-state index is 12.5. The molecule has 0 N–H and O–H groups in total. The van der Waals surface area contributed by atoms with Crippen molar-refractivity contribution < 1.29 is 13.0 Å². The molecule has 0 unspecified atom stereocenters. The second-order valence-electron chi connectivity index (χ2n) is 6.72. The molecule has 0 aromatic carbocycles. The molecule has 1 saturated heterocycles. The standard InChI is InChI=1S/C14H18F2N6OS/c1-20-12-10(4-19-20)13(18-8-17-12)21-6-14(7-21)2-9(3-14)22(24-23)5-11(15)16/h4,8-9,11,24H,2-3,5-7H2,1H3. The van der Waals surface area contributed by atoms with Crippen LogP contribution in [0.1, 0.15) is 12.8 Å². The Labute approximate surface area is 141 Å². The predicted octanol–water partition coefficient (Wildman–Crippen LogP) is 0.759. The second-order valence-corrected chi connectivity index (χ2v) is 7.39. The number of nitrogens with zero attached hydrogens (tertiary/aromatic N) is 6. The van der Waals surface area contributed by atoms with Crippen LogP contribution in [0.25, 0.3) is 11.0 Å². The molecule has 2 aliphatic rings. The highest BCUT2D eigenvalue weighted by Crippen LogP contribution is 2.51. The minimum atomic E-state index is -2.46. The first kappa shape index (κ1) is 15.8. The summed E-state index contributed by atoms with van der Waals surface area (Å²) in [6.07, 6.45) is 2.44. The SMILES string of the molecule is Cn1ncc2c(N3CC4(CC(N(CC(F)F)[SH]=O)C4)C3)ncnc21. The lowest BCUT2D eigenvalue weighted by molar-refractivity contribution is -0.00116. The number of halogens is 2. The van der Waals surface area contributed by atoms with Crippen molar-refractivity contribution in [3.05, 3.63) is 12.5 Å². The van der Waals surface area contributed by atoms with E-state index in [9.17, 15) is 13.0 Å². The molecule has 4 rings (SSSR count). The van der Waals surface area contributed by atoms with E-state index < -0.39 is 13.0 Å². The average molecular weight is 356 g/mol. The highest BCUT2D eigenvalue weighted by atomic mass is 32.2. The third kappa shape index (κ3) is 2.48. The summed E-state index contributed by atoms with van der Waals surface area (Å²) in [6.45, 7) is 1.24. The van der Waals surface area contributed by atoms with E-state index in [4.69, 9.17) is 0 Å². The monoisotopic (exact) mass is 356 g/mol. The van der Waals surface area contributed by atoms with E-state index in [0.717, 1.165) is 42.8 Å². The van der Waals surface area contributed by atoms with Gasteiger partial charge in [-0.05, 0) is 12.8 Å². The first-order valence-corrected chi connectivity index (χ1v) is 8.53. The molecule has 10 heteroatoms. The van der Waals surface area contributed by atoms with Gasteiger partial charge in [-0.1, -0.05) is 0 Å². The number of rotatable bonds is 5. The van der Waals surface area contributed by atoms with Crippen LogP contribution in [-0.2, 0) is 18.9 Å². The third-order valence-electron chi connectivity index (χ3n) is 5.05. The summed E-state index contributed by atoms with van der Waals surface area (Å²) in [7, 11) is 1.84. The maximum absolute atomic E-state index is 12.5. The van der Waals surface area contributed by atoms with Gasteiger partial charge < -0.3 is 4.90 Å². The normalized spacial score (nSPS) is 20.1. The van der Waals surface area contributed by atoms with Crippen molar-refractivity contribution in [1.29, 1.82) is 0 Å². The second kappa shape index (κ2) is 5.69. The van der Waals surface area contributed by atoms with Gasteiger partial charge in [0.05, 0.1) is 30.0 Å². The average Bonchev–Trinajstić information content (AvgIpc) is 2.85.